The van der Waals surface area contributed by atoms with Crippen LogP contribution in [0.4, 0.5) is 0 Å². The Balaban J connectivity index is 2.68. The predicted molar refractivity (Wildman–Crippen MR) is 77.7 cm³/mol. The molecule has 0 aliphatic heterocycles. The van der Waals surface area contributed by atoms with E-state index in [1.54, 1.807) is 10.6 Å². The molecule has 0 atom stereocenters. The van der Waals surface area contributed by atoms with Crippen LogP contribution >= 0.6 is 12.2 Å². The van der Waals surface area contributed by atoms with Crippen LogP contribution in [0.1, 0.15) is 12.5 Å². The van der Waals surface area contributed by atoms with Crippen molar-refractivity contribution >= 4 is 17.2 Å². The molecule has 0 saturated heterocycles. The molecule has 0 amide bonds. The van der Waals surface area contributed by atoms with Crippen LogP contribution in [-0.4, -0.2) is 9.56 Å². The summed E-state index contributed by atoms with van der Waals surface area (Å²) in [5.41, 5.74) is 7.69. The standard InChI is InChI=1S/C14H14N2OS/c1-2-16-12(10-6-4-3-5-7-10)9-8-11(13(15)18)14(16)17/h3-9H,2H2,1H3,(H2,15,18). The Kier molecular flexibility index (Phi) is 3.58. The fraction of sp³-hybridized carbons (Fsp3) is 0.143. The molecule has 0 spiro atoms. The molecule has 1 aromatic heterocycles. The first-order valence-electron chi connectivity index (χ1n) is 5.74. The number of rotatable bonds is 3. The minimum Gasteiger partial charge on any atom is -0.389 e. The third kappa shape index (κ3) is 2.19. The van der Waals surface area contributed by atoms with Crippen LogP contribution in [0, 0.1) is 0 Å². The maximum atomic E-state index is 12.2. The van der Waals surface area contributed by atoms with E-state index < -0.39 is 0 Å². The lowest BCUT2D eigenvalue weighted by molar-refractivity contribution is 0.734. The summed E-state index contributed by atoms with van der Waals surface area (Å²) in [6.45, 7) is 2.51. The van der Waals surface area contributed by atoms with Crippen molar-refractivity contribution in [3.05, 3.63) is 58.4 Å². The zero-order valence-corrected chi connectivity index (χ0v) is 10.9. The smallest absolute Gasteiger partial charge is 0.261 e. The molecule has 0 aliphatic carbocycles. The van der Waals surface area contributed by atoms with Crippen molar-refractivity contribution in [2.45, 2.75) is 13.5 Å². The van der Waals surface area contributed by atoms with Crippen LogP contribution in [0.15, 0.2) is 47.3 Å². The minimum atomic E-state index is -0.133. The van der Waals surface area contributed by atoms with Crippen LogP contribution in [0.25, 0.3) is 11.3 Å². The van der Waals surface area contributed by atoms with E-state index in [4.69, 9.17) is 18.0 Å². The molecular weight excluding hydrogens is 244 g/mol. The van der Waals surface area contributed by atoms with Gasteiger partial charge >= 0.3 is 0 Å². The van der Waals surface area contributed by atoms with E-state index in [9.17, 15) is 4.79 Å². The summed E-state index contributed by atoms with van der Waals surface area (Å²) in [6.07, 6.45) is 0. The lowest BCUT2D eigenvalue weighted by Gasteiger charge is -2.12. The molecule has 92 valence electrons. The van der Waals surface area contributed by atoms with Gasteiger partial charge in [0.1, 0.15) is 4.99 Å². The van der Waals surface area contributed by atoms with Crippen LogP contribution < -0.4 is 11.3 Å². The van der Waals surface area contributed by atoms with Gasteiger partial charge < -0.3 is 10.3 Å². The number of aromatic nitrogens is 1. The quantitative estimate of drug-likeness (QED) is 0.858. The predicted octanol–water partition coefficient (Wildman–Crippen LogP) is 2.17. The van der Waals surface area contributed by atoms with Crippen molar-refractivity contribution in [2.24, 2.45) is 5.73 Å². The van der Waals surface area contributed by atoms with E-state index in [0.29, 0.717) is 12.1 Å². The molecule has 0 aliphatic rings. The van der Waals surface area contributed by atoms with E-state index >= 15 is 0 Å². The van der Waals surface area contributed by atoms with Gasteiger partial charge in [-0.15, -0.1) is 0 Å². The van der Waals surface area contributed by atoms with Gasteiger partial charge in [0, 0.05) is 6.54 Å². The number of nitrogens with zero attached hydrogens (tertiary/aromatic N) is 1. The normalized spacial score (nSPS) is 10.3. The van der Waals surface area contributed by atoms with Crippen molar-refractivity contribution in [1.29, 1.82) is 0 Å². The molecule has 0 bridgehead atoms. The average molecular weight is 258 g/mol. The molecule has 2 aromatic rings. The molecule has 4 heteroatoms. The fourth-order valence-corrected chi connectivity index (χ4v) is 2.10. The van der Waals surface area contributed by atoms with Crippen molar-refractivity contribution in [2.75, 3.05) is 0 Å². The van der Waals surface area contributed by atoms with Gasteiger partial charge in [-0.1, -0.05) is 42.5 Å². The molecule has 0 radical (unpaired) electrons. The molecule has 0 saturated carbocycles. The van der Waals surface area contributed by atoms with Gasteiger partial charge in [-0.25, -0.2) is 0 Å². The lowest BCUT2D eigenvalue weighted by Crippen LogP contribution is -2.29. The Labute approximate surface area is 111 Å². The van der Waals surface area contributed by atoms with Crippen LogP contribution in [-0.2, 0) is 6.54 Å². The summed E-state index contributed by atoms with van der Waals surface area (Å²) in [6, 6.07) is 13.4. The second-order valence-corrected chi connectivity index (χ2v) is 4.35. The Morgan fingerprint density at radius 2 is 1.89 bits per heavy atom. The summed E-state index contributed by atoms with van der Waals surface area (Å²) in [7, 11) is 0. The highest BCUT2D eigenvalue weighted by atomic mass is 32.1. The van der Waals surface area contributed by atoms with Crippen molar-refractivity contribution in [1.82, 2.24) is 4.57 Å². The zero-order chi connectivity index (χ0) is 13.1. The molecule has 1 aromatic carbocycles. The van der Waals surface area contributed by atoms with Crippen LogP contribution in [0.3, 0.4) is 0 Å². The van der Waals surface area contributed by atoms with Gasteiger partial charge in [0.2, 0.25) is 0 Å². The molecule has 3 nitrogen and oxygen atoms in total. The highest BCUT2D eigenvalue weighted by Gasteiger charge is 2.10. The molecule has 18 heavy (non-hydrogen) atoms. The number of benzene rings is 1. The summed E-state index contributed by atoms with van der Waals surface area (Å²) in [5, 5.41) is 0. The first-order chi connectivity index (χ1) is 8.65. The van der Waals surface area contributed by atoms with Gasteiger partial charge in [0.15, 0.2) is 0 Å². The highest BCUT2D eigenvalue weighted by molar-refractivity contribution is 7.80. The largest absolute Gasteiger partial charge is 0.389 e. The van der Waals surface area contributed by atoms with Crippen molar-refractivity contribution < 1.29 is 0 Å². The number of thiocarbonyl (C=S) groups is 1. The summed E-state index contributed by atoms with van der Waals surface area (Å²) < 4.78 is 1.68. The van der Waals surface area contributed by atoms with Crippen LogP contribution in [0.5, 0.6) is 0 Å². The average Bonchev–Trinajstić information content (AvgIpc) is 2.39. The first kappa shape index (κ1) is 12.5. The van der Waals surface area contributed by atoms with Crippen molar-refractivity contribution in [3.8, 4) is 11.3 Å². The topological polar surface area (TPSA) is 48.0 Å². The maximum absolute atomic E-state index is 12.2. The highest BCUT2D eigenvalue weighted by Crippen LogP contribution is 2.17. The first-order valence-corrected chi connectivity index (χ1v) is 6.15. The number of pyridine rings is 1. The number of hydrogen-bond donors (Lipinski definition) is 1. The molecular formula is C14H14N2OS. The van der Waals surface area contributed by atoms with E-state index in [-0.39, 0.29) is 10.5 Å². The third-order valence-corrected chi connectivity index (χ3v) is 3.05. The maximum Gasteiger partial charge on any atom is 0.261 e. The van der Waals surface area contributed by atoms with Crippen LogP contribution in [0.2, 0.25) is 0 Å². The zero-order valence-electron chi connectivity index (χ0n) is 10.1. The second-order valence-electron chi connectivity index (χ2n) is 3.91. The minimum absolute atomic E-state index is 0.133. The summed E-state index contributed by atoms with van der Waals surface area (Å²) >= 11 is 4.88. The second kappa shape index (κ2) is 5.14. The molecule has 2 rings (SSSR count). The molecule has 1 heterocycles. The molecule has 2 N–H and O–H groups in total. The van der Waals surface area contributed by atoms with Gasteiger partial charge in [0.05, 0.1) is 11.3 Å². The Bertz CT molecular complexity index is 632. The van der Waals surface area contributed by atoms with Crippen molar-refractivity contribution in [3.63, 3.8) is 0 Å². The Morgan fingerprint density at radius 1 is 1.22 bits per heavy atom. The molecule has 0 unspecified atom stereocenters. The van der Waals surface area contributed by atoms with Gasteiger partial charge in [0.25, 0.3) is 5.56 Å². The number of hydrogen-bond acceptors (Lipinski definition) is 2. The Hall–Kier alpha value is -1.94. The summed E-state index contributed by atoms with van der Waals surface area (Å²) in [5.74, 6) is 0. The van der Waals surface area contributed by atoms with E-state index in [1.807, 2.05) is 43.3 Å². The van der Waals surface area contributed by atoms with Gasteiger partial charge in [-0.2, -0.15) is 0 Å². The fourth-order valence-electron chi connectivity index (χ4n) is 1.94. The summed E-state index contributed by atoms with van der Waals surface area (Å²) in [4.78, 5) is 12.4. The SMILES string of the molecule is CCn1c(-c2ccccc2)ccc(C(N)=S)c1=O. The lowest BCUT2D eigenvalue weighted by atomic mass is 10.1. The van der Waals surface area contributed by atoms with E-state index in [2.05, 4.69) is 0 Å². The number of nitrogens with two attached hydrogens (primary N) is 1. The van der Waals surface area contributed by atoms with Gasteiger partial charge in [-0.3, -0.25) is 4.79 Å². The Morgan fingerprint density at radius 3 is 2.44 bits per heavy atom. The third-order valence-electron chi connectivity index (χ3n) is 2.83. The van der Waals surface area contributed by atoms with E-state index in [1.165, 1.54) is 0 Å². The van der Waals surface area contributed by atoms with E-state index in [0.717, 1.165) is 11.3 Å². The van der Waals surface area contributed by atoms with Gasteiger partial charge in [-0.05, 0) is 24.6 Å². The molecule has 0 fully saturated rings. The monoisotopic (exact) mass is 258 g/mol.